The van der Waals surface area contributed by atoms with Crippen LogP contribution >= 0.6 is 0 Å². The quantitative estimate of drug-likeness (QED) is 0.552. The van der Waals surface area contributed by atoms with E-state index in [0.717, 1.165) is 29.9 Å². The van der Waals surface area contributed by atoms with Crippen LogP contribution in [0, 0.1) is 5.82 Å². The fraction of sp³-hybridized carbons (Fsp3) is 0.304. The van der Waals surface area contributed by atoms with Crippen LogP contribution in [0.3, 0.4) is 0 Å². The van der Waals surface area contributed by atoms with Crippen molar-refractivity contribution in [2.75, 3.05) is 30.9 Å². The Balaban J connectivity index is 1.68. The van der Waals surface area contributed by atoms with Crippen molar-refractivity contribution in [1.29, 1.82) is 0 Å². The second-order valence-electron chi connectivity index (χ2n) is 7.76. The predicted molar refractivity (Wildman–Crippen MR) is 114 cm³/mol. The van der Waals surface area contributed by atoms with Gasteiger partial charge in [-0.05, 0) is 62.2 Å². The summed E-state index contributed by atoms with van der Waals surface area (Å²) in [5, 5.41) is 6.00. The molecule has 2 aliphatic rings. The van der Waals surface area contributed by atoms with Crippen molar-refractivity contribution >= 4 is 28.6 Å². The maximum Gasteiger partial charge on any atom is 0.260 e. The molecule has 7 heteroatoms. The third-order valence-corrected chi connectivity index (χ3v) is 5.16. The Bertz CT molecular complexity index is 1060. The van der Waals surface area contributed by atoms with E-state index < -0.39 is 11.4 Å². The molecule has 0 saturated heterocycles. The maximum atomic E-state index is 13.5. The highest BCUT2D eigenvalue weighted by Crippen LogP contribution is 2.44. The first-order chi connectivity index (χ1) is 14.4. The molecule has 2 aromatic rings. The molecule has 2 aliphatic heterocycles. The maximum absolute atomic E-state index is 13.5. The minimum atomic E-state index is -0.639. The zero-order valence-electron chi connectivity index (χ0n) is 17.2. The fourth-order valence-electron chi connectivity index (χ4n) is 3.74. The molecule has 0 spiro atoms. The van der Waals surface area contributed by atoms with Crippen molar-refractivity contribution in [1.82, 2.24) is 4.98 Å². The topological polar surface area (TPSA) is 72.5 Å². The van der Waals surface area contributed by atoms with Gasteiger partial charge in [-0.2, -0.15) is 0 Å². The third kappa shape index (κ3) is 3.80. The predicted octanol–water partition coefficient (Wildman–Crippen LogP) is 4.22. The number of carbonyl (C=O) groups excluding carboxylic acids is 1. The van der Waals surface area contributed by atoms with E-state index >= 15 is 0 Å². The molecular formula is C23H24FN3O3. The molecule has 4 rings (SSSR count). The van der Waals surface area contributed by atoms with Crippen LogP contribution in [0.2, 0.25) is 0 Å². The Kier molecular flexibility index (Phi) is 5.30. The normalized spacial score (nSPS) is 19.2. The average Bonchev–Trinajstić information content (AvgIpc) is 3.19. The molecule has 1 amide bonds. The van der Waals surface area contributed by atoms with Gasteiger partial charge in [0.2, 0.25) is 0 Å². The van der Waals surface area contributed by atoms with E-state index in [1.165, 1.54) is 12.1 Å². The molecule has 6 nitrogen and oxygen atoms in total. The van der Waals surface area contributed by atoms with Gasteiger partial charge >= 0.3 is 0 Å². The molecule has 156 valence electrons. The van der Waals surface area contributed by atoms with Gasteiger partial charge in [-0.25, -0.2) is 9.37 Å². The van der Waals surface area contributed by atoms with Crippen molar-refractivity contribution in [3.63, 3.8) is 0 Å². The Morgan fingerprint density at radius 2 is 2.10 bits per heavy atom. The molecule has 0 fully saturated rings. The molecule has 0 unspecified atom stereocenters. The van der Waals surface area contributed by atoms with Crippen LogP contribution < -0.4 is 10.6 Å². The fourth-order valence-corrected chi connectivity index (χ4v) is 3.74. The van der Waals surface area contributed by atoms with E-state index in [1.807, 2.05) is 32.1 Å². The van der Waals surface area contributed by atoms with Gasteiger partial charge in [0.1, 0.15) is 23.0 Å². The van der Waals surface area contributed by atoms with E-state index in [0.29, 0.717) is 29.2 Å². The lowest BCUT2D eigenvalue weighted by Crippen LogP contribution is -2.21. The summed E-state index contributed by atoms with van der Waals surface area (Å²) in [6, 6.07) is 8.14. The van der Waals surface area contributed by atoms with Crippen molar-refractivity contribution in [3.8, 4) is 0 Å². The number of anilines is 2. The van der Waals surface area contributed by atoms with Gasteiger partial charge in [0.05, 0.1) is 11.3 Å². The summed E-state index contributed by atoms with van der Waals surface area (Å²) in [7, 11) is 1.68. The number of methoxy groups -OCH3 is 1. The van der Waals surface area contributed by atoms with E-state index in [9.17, 15) is 9.18 Å². The molecule has 30 heavy (non-hydrogen) atoms. The molecule has 1 aromatic heterocycles. The number of allylic oxidation sites excluding steroid dienone is 1. The van der Waals surface area contributed by atoms with Crippen LogP contribution in [0.25, 0.3) is 11.1 Å². The first-order valence-electron chi connectivity index (χ1n) is 9.85. The summed E-state index contributed by atoms with van der Waals surface area (Å²) in [4.78, 5) is 16.9. The van der Waals surface area contributed by atoms with Gasteiger partial charge in [-0.1, -0.05) is 0 Å². The number of hydrogen-bond donors (Lipinski definition) is 2. The second-order valence-corrected chi connectivity index (χ2v) is 7.76. The molecular weight excluding hydrogens is 385 g/mol. The van der Waals surface area contributed by atoms with Crippen LogP contribution in [0.4, 0.5) is 15.9 Å². The minimum Gasteiger partial charge on any atom is -0.482 e. The van der Waals surface area contributed by atoms with Gasteiger partial charge < -0.3 is 20.1 Å². The van der Waals surface area contributed by atoms with Crippen molar-refractivity contribution < 1.29 is 18.7 Å². The van der Waals surface area contributed by atoms with Gasteiger partial charge in [0, 0.05) is 37.6 Å². The summed E-state index contributed by atoms with van der Waals surface area (Å²) < 4.78 is 24.8. The third-order valence-electron chi connectivity index (χ3n) is 5.16. The molecule has 0 aliphatic carbocycles. The molecule has 0 radical (unpaired) electrons. The van der Waals surface area contributed by atoms with Gasteiger partial charge in [-0.15, -0.1) is 0 Å². The van der Waals surface area contributed by atoms with Crippen LogP contribution in [-0.2, 0) is 14.3 Å². The van der Waals surface area contributed by atoms with Gasteiger partial charge in [0.15, 0.2) is 0 Å². The molecule has 0 saturated carbocycles. The number of halogens is 1. The molecule has 0 atom stereocenters. The number of amides is 1. The number of ether oxygens (including phenoxy) is 2. The summed E-state index contributed by atoms with van der Waals surface area (Å²) in [5.41, 5.74) is 2.77. The number of nitrogens with one attached hydrogen (secondary N) is 2. The number of fused-ring (bicyclic) bond motifs is 1. The first-order valence-corrected chi connectivity index (χ1v) is 9.85. The number of carbonyl (C=O) groups is 1. The zero-order chi connectivity index (χ0) is 21.3. The van der Waals surface area contributed by atoms with Crippen LogP contribution in [0.5, 0.6) is 0 Å². The van der Waals surface area contributed by atoms with E-state index in [1.54, 1.807) is 19.4 Å². The Hall–Kier alpha value is -3.19. The monoisotopic (exact) mass is 409 g/mol. The highest BCUT2D eigenvalue weighted by molar-refractivity contribution is 6.32. The lowest BCUT2D eigenvalue weighted by Gasteiger charge is -2.23. The number of nitrogens with zero attached hydrogens (tertiary/aromatic N) is 1. The van der Waals surface area contributed by atoms with Crippen molar-refractivity contribution in [2.24, 2.45) is 0 Å². The van der Waals surface area contributed by atoms with Crippen molar-refractivity contribution in [2.45, 2.75) is 25.9 Å². The highest BCUT2D eigenvalue weighted by Gasteiger charge is 2.38. The SMILES string of the molecule is COCCCNc1cc(C2=C/C(=C3\C(=O)Nc4cc(F)ccc43)OC2(C)C)ccn1. The molecule has 1 aromatic carbocycles. The smallest absolute Gasteiger partial charge is 0.260 e. The van der Waals surface area contributed by atoms with Crippen molar-refractivity contribution in [3.05, 3.63) is 65.3 Å². The lowest BCUT2D eigenvalue weighted by atomic mass is 9.92. The van der Waals surface area contributed by atoms with Crippen LogP contribution in [0.1, 0.15) is 31.4 Å². The number of hydrogen-bond acceptors (Lipinski definition) is 5. The van der Waals surface area contributed by atoms with E-state index in [2.05, 4.69) is 15.6 Å². The zero-order valence-corrected chi connectivity index (χ0v) is 17.2. The Morgan fingerprint density at radius 1 is 1.27 bits per heavy atom. The number of benzene rings is 1. The van der Waals surface area contributed by atoms with Crippen LogP contribution in [-0.4, -0.2) is 36.8 Å². The van der Waals surface area contributed by atoms with Crippen LogP contribution in [0.15, 0.2) is 48.4 Å². The van der Waals surface area contributed by atoms with Gasteiger partial charge in [-0.3, -0.25) is 4.79 Å². The van der Waals surface area contributed by atoms with E-state index in [4.69, 9.17) is 9.47 Å². The average molecular weight is 409 g/mol. The summed E-state index contributed by atoms with van der Waals surface area (Å²) in [6.45, 7) is 5.35. The largest absolute Gasteiger partial charge is 0.482 e. The summed E-state index contributed by atoms with van der Waals surface area (Å²) >= 11 is 0. The Labute approximate surface area is 174 Å². The van der Waals surface area contributed by atoms with E-state index in [-0.39, 0.29) is 5.91 Å². The number of rotatable bonds is 6. The lowest BCUT2D eigenvalue weighted by molar-refractivity contribution is -0.111. The standard InChI is InChI=1S/C23H24FN3O3/c1-23(2)17(14-7-9-26-20(11-14)25-8-4-10-29-3)13-19(30-23)21-16-6-5-15(24)12-18(16)27-22(21)28/h5-7,9,11-13H,4,8,10H2,1-3H3,(H,25,26)(H,27,28)/b21-19+. The highest BCUT2D eigenvalue weighted by atomic mass is 19.1. The second kappa shape index (κ2) is 7.91. The molecule has 0 bridgehead atoms. The summed E-state index contributed by atoms with van der Waals surface area (Å²) in [5.74, 6) is 0.547. The molecule has 2 N–H and O–H groups in total. The first kappa shape index (κ1) is 20.1. The minimum absolute atomic E-state index is 0.297. The number of aromatic nitrogens is 1. The summed E-state index contributed by atoms with van der Waals surface area (Å²) in [6.07, 6.45) is 4.51. The van der Waals surface area contributed by atoms with Gasteiger partial charge in [0.25, 0.3) is 5.91 Å². The Morgan fingerprint density at radius 3 is 2.90 bits per heavy atom. The number of pyridine rings is 1. The molecule has 3 heterocycles.